The molecule has 2 aromatic carbocycles. The molecule has 0 fully saturated rings. The van der Waals surface area contributed by atoms with Crippen LogP contribution >= 0.6 is 0 Å². The molecule has 8 heteroatoms. The Bertz CT molecular complexity index is 854. The molecule has 2 amide bonds. The Labute approximate surface area is 153 Å². The summed E-state index contributed by atoms with van der Waals surface area (Å²) in [4.78, 5) is 13.5. The second-order valence-electron chi connectivity index (χ2n) is 5.89. The minimum absolute atomic E-state index is 0.0511. The van der Waals surface area contributed by atoms with E-state index in [-0.39, 0.29) is 30.3 Å². The number of hydrogen-bond donors (Lipinski definition) is 2. The van der Waals surface area contributed by atoms with E-state index >= 15 is 0 Å². The van der Waals surface area contributed by atoms with Gasteiger partial charge in [0.15, 0.2) is 0 Å². The fourth-order valence-corrected chi connectivity index (χ4v) is 3.28. The third kappa shape index (κ3) is 5.53. The zero-order chi connectivity index (χ0) is 19.2. The number of amides is 2. The van der Waals surface area contributed by atoms with Crippen molar-refractivity contribution in [1.82, 2.24) is 14.9 Å². The third-order valence-electron chi connectivity index (χ3n) is 3.74. The number of urea groups is 1. The van der Waals surface area contributed by atoms with Crippen molar-refractivity contribution < 1.29 is 17.6 Å². The summed E-state index contributed by atoms with van der Waals surface area (Å²) in [7, 11) is -2.07. The van der Waals surface area contributed by atoms with Gasteiger partial charge in [0.2, 0.25) is 10.0 Å². The lowest BCUT2D eigenvalue weighted by molar-refractivity contribution is 0.206. The third-order valence-corrected chi connectivity index (χ3v) is 5.21. The fraction of sp³-hybridized carbons (Fsp3) is 0.278. The van der Waals surface area contributed by atoms with Gasteiger partial charge in [-0.3, -0.25) is 0 Å². The number of carbonyl (C=O) groups is 1. The minimum Gasteiger partial charge on any atom is -0.337 e. The summed E-state index contributed by atoms with van der Waals surface area (Å²) in [6, 6.07) is 12.3. The van der Waals surface area contributed by atoms with Crippen LogP contribution in [0.5, 0.6) is 0 Å². The Morgan fingerprint density at radius 1 is 1.08 bits per heavy atom. The smallest absolute Gasteiger partial charge is 0.317 e. The number of nitrogens with one attached hydrogen (secondary N) is 2. The van der Waals surface area contributed by atoms with Gasteiger partial charge in [-0.1, -0.05) is 35.9 Å². The van der Waals surface area contributed by atoms with E-state index in [0.29, 0.717) is 5.56 Å². The SMILES string of the molecule is Cc1ccc(S(=O)(=O)NCCNC(=O)N(C)Cc2ccccc2F)cc1. The van der Waals surface area contributed by atoms with E-state index in [2.05, 4.69) is 10.0 Å². The van der Waals surface area contributed by atoms with Gasteiger partial charge >= 0.3 is 6.03 Å². The summed E-state index contributed by atoms with van der Waals surface area (Å²) >= 11 is 0. The van der Waals surface area contributed by atoms with Crippen LogP contribution in [0.2, 0.25) is 0 Å². The van der Waals surface area contributed by atoms with E-state index in [0.717, 1.165) is 5.56 Å². The van der Waals surface area contributed by atoms with Gasteiger partial charge in [-0.15, -0.1) is 0 Å². The molecular formula is C18H22FN3O3S. The molecular weight excluding hydrogens is 357 g/mol. The largest absolute Gasteiger partial charge is 0.337 e. The average molecular weight is 379 g/mol. The van der Waals surface area contributed by atoms with E-state index in [9.17, 15) is 17.6 Å². The summed E-state index contributed by atoms with van der Waals surface area (Å²) in [5.41, 5.74) is 1.37. The van der Waals surface area contributed by atoms with Gasteiger partial charge in [0.25, 0.3) is 0 Å². The number of rotatable bonds is 7. The molecule has 0 bridgehead atoms. The van der Waals surface area contributed by atoms with E-state index < -0.39 is 16.1 Å². The predicted octanol–water partition coefficient (Wildman–Crippen LogP) is 2.25. The molecule has 0 radical (unpaired) electrons. The van der Waals surface area contributed by atoms with Gasteiger partial charge in [0.05, 0.1) is 4.90 Å². The van der Waals surface area contributed by atoms with Crippen LogP contribution in [-0.4, -0.2) is 39.5 Å². The van der Waals surface area contributed by atoms with Gasteiger partial charge in [-0.25, -0.2) is 22.3 Å². The van der Waals surface area contributed by atoms with E-state index in [1.807, 2.05) is 6.92 Å². The molecule has 0 saturated carbocycles. The summed E-state index contributed by atoms with van der Waals surface area (Å²) in [6.07, 6.45) is 0. The Hall–Kier alpha value is -2.45. The molecule has 0 spiro atoms. The van der Waals surface area contributed by atoms with Crippen molar-refractivity contribution in [2.45, 2.75) is 18.4 Å². The molecule has 2 rings (SSSR count). The summed E-state index contributed by atoms with van der Waals surface area (Å²) in [5.74, 6) is -0.377. The molecule has 0 heterocycles. The second-order valence-corrected chi connectivity index (χ2v) is 7.66. The first-order valence-electron chi connectivity index (χ1n) is 8.08. The Morgan fingerprint density at radius 2 is 1.73 bits per heavy atom. The van der Waals surface area contributed by atoms with E-state index in [1.165, 1.54) is 30.1 Å². The molecule has 0 saturated heterocycles. The van der Waals surface area contributed by atoms with Crippen LogP contribution in [0, 0.1) is 12.7 Å². The van der Waals surface area contributed by atoms with Crippen LogP contribution in [0.3, 0.4) is 0 Å². The van der Waals surface area contributed by atoms with Crippen LogP contribution in [0.25, 0.3) is 0 Å². The molecule has 0 aliphatic heterocycles. The van der Waals surface area contributed by atoms with Gasteiger partial charge in [0, 0.05) is 32.2 Å². The molecule has 0 unspecified atom stereocenters. The van der Waals surface area contributed by atoms with Crippen molar-refractivity contribution >= 4 is 16.1 Å². The quantitative estimate of drug-likeness (QED) is 0.725. The maximum atomic E-state index is 13.6. The van der Waals surface area contributed by atoms with Gasteiger partial charge in [-0.05, 0) is 25.1 Å². The van der Waals surface area contributed by atoms with Gasteiger partial charge < -0.3 is 10.2 Å². The first-order valence-corrected chi connectivity index (χ1v) is 9.56. The van der Waals surface area contributed by atoms with E-state index in [4.69, 9.17) is 0 Å². The van der Waals surface area contributed by atoms with Crippen LogP contribution in [0.4, 0.5) is 9.18 Å². The normalized spacial score (nSPS) is 11.2. The molecule has 140 valence electrons. The number of benzene rings is 2. The van der Waals surface area contributed by atoms with Crippen molar-refractivity contribution in [1.29, 1.82) is 0 Å². The summed E-state index contributed by atoms with van der Waals surface area (Å²) in [6.45, 7) is 2.16. The molecule has 2 N–H and O–H groups in total. The Morgan fingerprint density at radius 3 is 2.38 bits per heavy atom. The topological polar surface area (TPSA) is 78.5 Å². The molecule has 0 atom stereocenters. The Balaban J connectivity index is 1.79. The van der Waals surface area contributed by atoms with Crippen LogP contribution in [0.15, 0.2) is 53.4 Å². The van der Waals surface area contributed by atoms with Crippen molar-refractivity contribution in [2.75, 3.05) is 20.1 Å². The maximum absolute atomic E-state index is 13.6. The number of sulfonamides is 1. The number of nitrogens with zero attached hydrogens (tertiary/aromatic N) is 1. The van der Waals surface area contributed by atoms with Crippen LogP contribution in [-0.2, 0) is 16.6 Å². The van der Waals surface area contributed by atoms with E-state index in [1.54, 1.807) is 30.3 Å². The highest BCUT2D eigenvalue weighted by Gasteiger charge is 2.14. The van der Waals surface area contributed by atoms with Gasteiger partial charge in [0.1, 0.15) is 5.82 Å². The van der Waals surface area contributed by atoms with Crippen molar-refractivity contribution in [3.63, 3.8) is 0 Å². The highest BCUT2D eigenvalue weighted by Crippen LogP contribution is 2.10. The number of aryl methyl sites for hydroxylation is 1. The second kappa shape index (κ2) is 8.77. The zero-order valence-electron chi connectivity index (χ0n) is 14.7. The lowest BCUT2D eigenvalue weighted by Crippen LogP contribution is -2.41. The summed E-state index contributed by atoms with van der Waals surface area (Å²) in [5, 5.41) is 2.59. The molecule has 2 aromatic rings. The number of halogens is 1. The van der Waals surface area contributed by atoms with Gasteiger partial charge in [-0.2, -0.15) is 0 Å². The van der Waals surface area contributed by atoms with Crippen molar-refractivity contribution in [2.24, 2.45) is 0 Å². The number of hydrogen-bond acceptors (Lipinski definition) is 3. The molecule has 0 aliphatic rings. The first-order chi connectivity index (χ1) is 12.3. The standard InChI is InChI=1S/C18H22FN3O3S/c1-14-7-9-16(10-8-14)26(24,25)21-12-11-20-18(23)22(2)13-15-5-3-4-6-17(15)19/h3-10,21H,11-13H2,1-2H3,(H,20,23). The minimum atomic E-state index is -3.61. The molecule has 0 aliphatic carbocycles. The van der Waals surface area contributed by atoms with Crippen molar-refractivity contribution in [3.05, 3.63) is 65.5 Å². The highest BCUT2D eigenvalue weighted by atomic mass is 32.2. The average Bonchev–Trinajstić information content (AvgIpc) is 2.61. The summed E-state index contributed by atoms with van der Waals surface area (Å²) < 4.78 is 40.3. The zero-order valence-corrected chi connectivity index (χ0v) is 15.5. The van der Waals surface area contributed by atoms with Crippen molar-refractivity contribution in [3.8, 4) is 0 Å². The van der Waals surface area contributed by atoms with Crippen LogP contribution in [0.1, 0.15) is 11.1 Å². The van der Waals surface area contributed by atoms with Crippen LogP contribution < -0.4 is 10.0 Å². The Kier molecular flexibility index (Phi) is 6.70. The fourth-order valence-electron chi connectivity index (χ4n) is 2.24. The monoisotopic (exact) mass is 379 g/mol. The lowest BCUT2D eigenvalue weighted by Gasteiger charge is -2.18. The maximum Gasteiger partial charge on any atom is 0.317 e. The molecule has 6 nitrogen and oxygen atoms in total. The number of carbonyl (C=O) groups excluding carboxylic acids is 1. The first kappa shape index (κ1) is 19.9. The molecule has 0 aromatic heterocycles. The highest BCUT2D eigenvalue weighted by molar-refractivity contribution is 7.89. The lowest BCUT2D eigenvalue weighted by atomic mass is 10.2. The molecule has 26 heavy (non-hydrogen) atoms. The predicted molar refractivity (Wildman–Crippen MR) is 97.6 cm³/mol.